The molecule has 3 aromatic carbocycles. The van der Waals surface area contributed by atoms with Gasteiger partial charge in [0.2, 0.25) is 0 Å². The highest BCUT2D eigenvalue weighted by atomic mass is 127. The van der Waals surface area contributed by atoms with Crippen molar-refractivity contribution in [3.63, 3.8) is 0 Å². The van der Waals surface area contributed by atoms with E-state index in [0.29, 0.717) is 43.9 Å². The van der Waals surface area contributed by atoms with Crippen molar-refractivity contribution in [3.05, 3.63) is 85.9 Å². The molecule has 0 aliphatic carbocycles. The van der Waals surface area contributed by atoms with Crippen LogP contribution in [0.1, 0.15) is 43.4 Å². The Morgan fingerprint density at radius 3 is 2.35 bits per heavy atom. The van der Waals surface area contributed by atoms with E-state index in [1.54, 1.807) is 36.4 Å². The molecule has 0 spiro atoms. The topological polar surface area (TPSA) is 118 Å². The number of ether oxygens (including phenoxy) is 2. The summed E-state index contributed by atoms with van der Waals surface area (Å²) in [6.45, 7) is 6.38. The molecule has 0 radical (unpaired) electrons. The number of amides is 3. The van der Waals surface area contributed by atoms with Gasteiger partial charge >= 0.3 is 11.8 Å². The van der Waals surface area contributed by atoms with Crippen LogP contribution in [0.3, 0.4) is 0 Å². The highest BCUT2D eigenvalue weighted by Gasteiger charge is 2.15. The van der Waals surface area contributed by atoms with Crippen LogP contribution in [0.15, 0.2) is 65.8 Å². The molecule has 0 fully saturated rings. The van der Waals surface area contributed by atoms with E-state index in [2.05, 4.69) is 57.6 Å². The van der Waals surface area contributed by atoms with Crippen molar-refractivity contribution in [2.75, 3.05) is 18.5 Å². The van der Waals surface area contributed by atoms with E-state index in [4.69, 9.17) is 21.1 Å². The molecule has 0 unspecified atom stereocenters. The Morgan fingerprint density at radius 1 is 1.00 bits per heavy atom. The average molecular weight is 677 g/mol. The predicted octanol–water partition coefficient (Wildman–Crippen LogP) is 5.25. The zero-order valence-electron chi connectivity index (χ0n) is 22.3. The third-order valence-corrected chi connectivity index (χ3v) is 6.55. The maximum absolute atomic E-state index is 12.3. The lowest BCUT2D eigenvalue weighted by atomic mass is 10.0. The van der Waals surface area contributed by atoms with Crippen LogP contribution < -0.4 is 25.5 Å². The van der Waals surface area contributed by atoms with Crippen molar-refractivity contribution < 1.29 is 23.9 Å². The Morgan fingerprint density at radius 2 is 1.70 bits per heavy atom. The van der Waals surface area contributed by atoms with Crippen LogP contribution in [0.4, 0.5) is 5.69 Å². The summed E-state index contributed by atoms with van der Waals surface area (Å²) < 4.78 is 12.1. The smallest absolute Gasteiger partial charge is 0.329 e. The van der Waals surface area contributed by atoms with E-state index in [1.807, 2.05) is 31.2 Å². The van der Waals surface area contributed by atoms with Gasteiger partial charge in [-0.05, 0) is 88.5 Å². The summed E-state index contributed by atoms with van der Waals surface area (Å²) in [7, 11) is 0. The first kappa shape index (κ1) is 30.9. The fourth-order valence-corrected chi connectivity index (χ4v) is 4.34. The summed E-state index contributed by atoms with van der Waals surface area (Å²) in [4.78, 5) is 36.7. The van der Waals surface area contributed by atoms with Crippen LogP contribution in [-0.2, 0) is 20.9 Å². The maximum Gasteiger partial charge on any atom is 0.329 e. The first-order chi connectivity index (χ1) is 19.2. The molecular weight excluding hydrogens is 647 g/mol. The third kappa shape index (κ3) is 9.53. The van der Waals surface area contributed by atoms with E-state index in [0.717, 1.165) is 5.56 Å². The van der Waals surface area contributed by atoms with Gasteiger partial charge in [-0.1, -0.05) is 49.7 Å². The number of carbonyl (C=O) groups is 3. The Kier molecular flexibility index (Phi) is 11.8. The summed E-state index contributed by atoms with van der Waals surface area (Å²) in [5.74, 6) is -0.814. The minimum absolute atomic E-state index is 0.226. The Hall–Kier alpha value is -3.64. The van der Waals surface area contributed by atoms with Gasteiger partial charge in [-0.3, -0.25) is 14.4 Å². The number of carbonyl (C=O) groups excluding carboxylic acids is 3. The normalized spacial score (nSPS) is 10.8. The molecule has 0 saturated heterocycles. The van der Waals surface area contributed by atoms with Gasteiger partial charge in [-0.25, -0.2) is 5.43 Å². The lowest BCUT2D eigenvalue weighted by molar-refractivity contribution is -0.139. The molecule has 3 amide bonds. The van der Waals surface area contributed by atoms with Crippen LogP contribution in [0, 0.1) is 3.57 Å². The number of halogens is 2. The van der Waals surface area contributed by atoms with Crippen molar-refractivity contribution in [1.82, 2.24) is 10.7 Å². The number of nitrogens with one attached hydrogen (secondary N) is 3. The Bertz CT molecular complexity index is 1360. The van der Waals surface area contributed by atoms with E-state index in [-0.39, 0.29) is 19.1 Å². The first-order valence-electron chi connectivity index (χ1n) is 12.5. The number of nitrogens with zero attached hydrogens (tertiary/aromatic N) is 1. The van der Waals surface area contributed by atoms with Gasteiger partial charge in [0.25, 0.3) is 5.91 Å². The lowest BCUT2D eigenvalue weighted by Gasteiger charge is -2.14. The zero-order chi connectivity index (χ0) is 29.1. The monoisotopic (exact) mass is 676 g/mol. The summed E-state index contributed by atoms with van der Waals surface area (Å²) in [5.41, 5.74) is 5.50. The summed E-state index contributed by atoms with van der Waals surface area (Å²) in [6.07, 6.45) is 1.39. The molecule has 40 heavy (non-hydrogen) atoms. The second-order valence-electron chi connectivity index (χ2n) is 8.88. The largest absolute Gasteiger partial charge is 0.490 e. The zero-order valence-corrected chi connectivity index (χ0v) is 25.2. The first-order valence-corrected chi connectivity index (χ1v) is 14.0. The highest BCUT2D eigenvalue weighted by Crippen LogP contribution is 2.34. The standard InChI is InChI=1S/C29H30ClIN4O5/c1-4-39-25-14-20(13-24(31)27(25)40-17-26(36)34-23-11-9-22(30)10-12-23)16-33-35-29(38)28(37)32-15-19-5-7-21(8-6-19)18(2)3/h5-14,16,18H,4,15,17H2,1-3H3,(H,32,37)(H,34,36)(H,35,38)/b33-16-. The Balaban J connectivity index is 1.55. The van der Waals surface area contributed by atoms with Crippen molar-refractivity contribution in [2.24, 2.45) is 5.10 Å². The van der Waals surface area contributed by atoms with Crippen molar-refractivity contribution >= 4 is 63.8 Å². The molecule has 0 saturated carbocycles. The number of rotatable bonds is 11. The summed E-state index contributed by atoms with van der Waals surface area (Å²) in [5, 5.41) is 9.77. The van der Waals surface area contributed by atoms with Gasteiger partial charge in [0.05, 0.1) is 16.4 Å². The van der Waals surface area contributed by atoms with Crippen LogP contribution >= 0.6 is 34.2 Å². The molecule has 0 aliphatic rings. The quantitative estimate of drug-likeness (QED) is 0.111. The van der Waals surface area contributed by atoms with E-state index >= 15 is 0 Å². The number of hydrogen-bond donors (Lipinski definition) is 3. The summed E-state index contributed by atoms with van der Waals surface area (Å²) >= 11 is 7.93. The van der Waals surface area contributed by atoms with Crippen LogP contribution in [0.25, 0.3) is 0 Å². The van der Waals surface area contributed by atoms with E-state index in [9.17, 15) is 14.4 Å². The van der Waals surface area contributed by atoms with Gasteiger partial charge in [-0.15, -0.1) is 0 Å². The minimum Gasteiger partial charge on any atom is -0.490 e. The van der Waals surface area contributed by atoms with Crippen LogP contribution in [0.5, 0.6) is 11.5 Å². The molecule has 3 aromatic rings. The fourth-order valence-electron chi connectivity index (χ4n) is 3.43. The predicted molar refractivity (Wildman–Crippen MR) is 164 cm³/mol. The lowest BCUT2D eigenvalue weighted by Crippen LogP contribution is -2.37. The van der Waals surface area contributed by atoms with Gasteiger partial charge in [0, 0.05) is 17.3 Å². The molecule has 210 valence electrons. The van der Waals surface area contributed by atoms with Crippen LogP contribution in [0.2, 0.25) is 5.02 Å². The van der Waals surface area contributed by atoms with Gasteiger partial charge in [0.15, 0.2) is 18.1 Å². The summed E-state index contributed by atoms with van der Waals surface area (Å²) in [6, 6.07) is 18.0. The number of hydrazone groups is 1. The molecule has 11 heteroatoms. The fraction of sp³-hybridized carbons (Fsp3) is 0.241. The molecule has 3 N–H and O–H groups in total. The number of benzene rings is 3. The Labute approximate surface area is 251 Å². The molecule has 0 heterocycles. The minimum atomic E-state index is -0.888. The SMILES string of the molecule is CCOc1cc(/C=N\NC(=O)C(=O)NCc2ccc(C(C)C)cc2)cc(I)c1OCC(=O)Nc1ccc(Cl)cc1. The van der Waals surface area contributed by atoms with Gasteiger partial charge in [0.1, 0.15) is 0 Å². The second kappa shape index (κ2) is 15.2. The second-order valence-corrected chi connectivity index (χ2v) is 10.5. The molecule has 0 bridgehead atoms. The van der Waals surface area contributed by atoms with E-state index in [1.165, 1.54) is 11.8 Å². The van der Waals surface area contributed by atoms with Crippen molar-refractivity contribution in [2.45, 2.75) is 33.2 Å². The van der Waals surface area contributed by atoms with Crippen molar-refractivity contribution in [1.29, 1.82) is 0 Å². The van der Waals surface area contributed by atoms with Gasteiger partial charge in [-0.2, -0.15) is 5.10 Å². The molecule has 9 nitrogen and oxygen atoms in total. The van der Waals surface area contributed by atoms with Gasteiger partial charge < -0.3 is 20.1 Å². The molecule has 0 aliphatic heterocycles. The maximum atomic E-state index is 12.3. The highest BCUT2D eigenvalue weighted by molar-refractivity contribution is 14.1. The molecular formula is C29H30ClIN4O5. The number of hydrogen-bond acceptors (Lipinski definition) is 6. The molecule has 0 atom stereocenters. The van der Waals surface area contributed by atoms with E-state index < -0.39 is 11.8 Å². The average Bonchev–Trinajstić information content (AvgIpc) is 2.92. The van der Waals surface area contributed by atoms with Crippen molar-refractivity contribution in [3.8, 4) is 11.5 Å². The number of anilines is 1. The molecule has 3 rings (SSSR count). The molecule has 0 aromatic heterocycles. The van der Waals surface area contributed by atoms with Crippen LogP contribution in [-0.4, -0.2) is 37.1 Å². The third-order valence-electron chi connectivity index (χ3n) is 5.49.